The van der Waals surface area contributed by atoms with Gasteiger partial charge in [-0.1, -0.05) is 42.5 Å². The Morgan fingerprint density at radius 3 is 2.45 bits per heavy atom. The fourth-order valence-corrected chi connectivity index (χ4v) is 2.51. The molecule has 0 aromatic heterocycles. The van der Waals surface area contributed by atoms with Gasteiger partial charge in [0.25, 0.3) is 0 Å². The van der Waals surface area contributed by atoms with E-state index in [1.165, 1.54) is 11.6 Å². The van der Waals surface area contributed by atoms with Crippen LogP contribution in [0.25, 0.3) is 0 Å². The zero-order valence-electron chi connectivity index (χ0n) is 11.3. The fraction of sp³-hybridized carbons (Fsp3) is 0.200. The van der Waals surface area contributed by atoms with Crippen LogP contribution in [-0.4, -0.2) is 8.42 Å². The Balaban J connectivity index is 2.08. The first kappa shape index (κ1) is 14.7. The van der Waals surface area contributed by atoms with Crippen LogP contribution >= 0.6 is 0 Å². The number of benzene rings is 2. The lowest BCUT2D eigenvalue weighted by atomic mass is 10.1. The highest BCUT2D eigenvalue weighted by Crippen LogP contribution is 2.17. The van der Waals surface area contributed by atoms with Crippen molar-refractivity contribution in [2.75, 3.05) is 0 Å². The number of sulfonamides is 1. The van der Waals surface area contributed by atoms with Gasteiger partial charge in [-0.2, -0.15) is 0 Å². The molecule has 4 nitrogen and oxygen atoms in total. The average molecular weight is 290 g/mol. The zero-order chi connectivity index (χ0) is 14.6. The Morgan fingerprint density at radius 2 is 1.80 bits per heavy atom. The molecule has 20 heavy (non-hydrogen) atoms. The van der Waals surface area contributed by atoms with Crippen LogP contribution in [0.15, 0.2) is 59.5 Å². The molecule has 0 aliphatic carbocycles. The van der Waals surface area contributed by atoms with E-state index in [1.54, 1.807) is 12.1 Å². The summed E-state index contributed by atoms with van der Waals surface area (Å²) < 4.78 is 22.7. The van der Waals surface area contributed by atoms with E-state index in [1.807, 2.05) is 43.3 Å². The summed E-state index contributed by atoms with van der Waals surface area (Å²) in [7, 11) is -3.65. The van der Waals surface area contributed by atoms with Gasteiger partial charge in [0.1, 0.15) is 0 Å². The molecular formula is C15H18N2O2S. The summed E-state index contributed by atoms with van der Waals surface area (Å²) in [6.07, 6.45) is 0. The predicted molar refractivity (Wildman–Crippen MR) is 79.5 cm³/mol. The smallest absolute Gasteiger partial charge is 0.238 e. The van der Waals surface area contributed by atoms with Crippen LogP contribution < -0.4 is 10.5 Å². The molecule has 2 aromatic rings. The third kappa shape index (κ3) is 3.90. The Kier molecular flexibility index (Phi) is 4.54. The highest BCUT2D eigenvalue weighted by Gasteiger charge is 2.11. The maximum Gasteiger partial charge on any atom is 0.238 e. The lowest BCUT2D eigenvalue weighted by Crippen LogP contribution is -2.19. The topological polar surface area (TPSA) is 72.2 Å². The van der Waals surface area contributed by atoms with Gasteiger partial charge in [0, 0.05) is 12.6 Å². The highest BCUT2D eigenvalue weighted by atomic mass is 32.2. The summed E-state index contributed by atoms with van der Waals surface area (Å²) in [5.41, 5.74) is 2.08. The average Bonchev–Trinajstić information content (AvgIpc) is 2.45. The van der Waals surface area contributed by atoms with Gasteiger partial charge in [0.2, 0.25) is 10.0 Å². The maximum atomic E-state index is 11.3. The number of hydrogen-bond donors (Lipinski definition) is 2. The minimum atomic E-state index is -3.65. The summed E-state index contributed by atoms with van der Waals surface area (Å²) in [6, 6.07) is 16.8. The van der Waals surface area contributed by atoms with E-state index in [-0.39, 0.29) is 10.9 Å². The molecule has 0 spiro atoms. The van der Waals surface area contributed by atoms with Gasteiger partial charge in [-0.05, 0) is 30.2 Å². The van der Waals surface area contributed by atoms with Gasteiger partial charge >= 0.3 is 0 Å². The Hall–Kier alpha value is -1.69. The van der Waals surface area contributed by atoms with Crippen LogP contribution in [0.2, 0.25) is 0 Å². The van der Waals surface area contributed by atoms with E-state index in [2.05, 4.69) is 5.32 Å². The Labute approximate surface area is 119 Å². The quantitative estimate of drug-likeness (QED) is 0.886. The molecule has 0 saturated carbocycles. The molecule has 1 unspecified atom stereocenters. The van der Waals surface area contributed by atoms with Crippen LogP contribution in [0.4, 0.5) is 0 Å². The molecule has 2 rings (SSSR count). The van der Waals surface area contributed by atoms with Crippen LogP contribution in [0.5, 0.6) is 0 Å². The van der Waals surface area contributed by atoms with E-state index in [0.717, 1.165) is 12.1 Å². The summed E-state index contributed by atoms with van der Waals surface area (Å²) in [5.74, 6) is 0. The van der Waals surface area contributed by atoms with Gasteiger partial charge < -0.3 is 5.32 Å². The third-order valence-electron chi connectivity index (χ3n) is 3.14. The first-order valence-corrected chi connectivity index (χ1v) is 7.91. The minimum absolute atomic E-state index is 0.0388. The van der Waals surface area contributed by atoms with Gasteiger partial charge in [-0.15, -0.1) is 0 Å². The van der Waals surface area contributed by atoms with Gasteiger partial charge in [-0.25, -0.2) is 13.6 Å². The van der Waals surface area contributed by atoms with Crippen molar-refractivity contribution in [3.05, 3.63) is 65.7 Å². The van der Waals surface area contributed by atoms with Crippen molar-refractivity contribution in [1.29, 1.82) is 0 Å². The Bertz CT molecular complexity index is 669. The number of primary sulfonamides is 1. The van der Waals surface area contributed by atoms with Crippen molar-refractivity contribution in [3.8, 4) is 0 Å². The first-order chi connectivity index (χ1) is 9.47. The fourth-order valence-electron chi connectivity index (χ4n) is 1.95. The van der Waals surface area contributed by atoms with Crippen molar-refractivity contribution in [2.45, 2.75) is 24.4 Å². The summed E-state index contributed by atoms with van der Waals surface area (Å²) in [4.78, 5) is 0.142. The third-order valence-corrected chi connectivity index (χ3v) is 4.05. The van der Waals surface area contributed by atoms with Crippen LogP contribution in [0, 0.1) is 0 Å². The van der Waals surface area contributed by atoms with Crippen LogP contribution in [-0.2, 0) is 16.6 Å². The number of hydrogen-bond acceptors (Lipinski definition) is 3. The van der Waals surface area contributed by atoms with Crippen molar-refractivity contribution in [3.63, 3.8) is 0 Å². The number of nitrogens with one attached hydrogen (secondary N) is 1. The summed E-state index contributed by atoms with van der Waals surface area (Å²) >= 11 is 0. The largest absolute Gasteiger partial charge is 0.306 e. The summed E-state index contributed by atoms with van der Waals surface area (Å²) in [6.45, 7) is 2.72. The molecule has 0 saturated heterocycles. The molecular weight excluding hydrogens is 272 g/mol. The second-order valence-electron chi connectivity index (χ2n) is 4.71. The molecule has 0 heterocycles. The molecule has 0 radical (unpaired) electrons. The SMILES string of the molecule is CC(NCc1ccccc1)c1cccc(S(N)(=O)=O)c1. The van der Waals surface area contributed by atoms with Crippen molar-refractivity contribution < 1.29 is 8.42 Å². The molecule has 0 fully saturated rings. The monoisotopic (exact) mass is 290 g/mol. The van der Waals surface area contributed by atoms with Crippen molar-refractivity contribution in [1.82, 2.24) is 5.32 Å². The van der Waals surface area contributed by atoms with E-state index >= 15 is 0 Å². The molecule has 0 aliphatic rings. The van der Waals surface area contributed by atoms with Crippen molar-refractivity contribution >= 4 is 10.0 Å². The normalized spacial score (nSPS) is 13.1. The standard InChI is InChI=1S/C15H18N2O2S/c1-12(17-11-13-6-3-2-4-7-13)14-8-5-9-15(10-14)20(16,18)19/h2-10,12,17H,11H2,1H3,(H2,16,18,19). The van der Waals surface area contributed by atoms with Gasteiger partial charge in [0.15, 0.2) is 0 Å². The minimum Gasteiger partial charge on any atom is -0.306 e. The molecule has 0 bridgehead atoms. The van der Waals surface area contributed by atoms with Gasteiger partial charge in [-0.3, -0.25) is 0 Å². The van der Waals surface area contributed by atoms with E-state index in [4.69, 9.17) is 5.14 Å². The van der Waals surface area contributed by atoms with E-state index in [0.29, 0.717) is 0 Å². The molecule has 5 heteroatoms. The number of rotatable bonds is 5. The number of nitrogens with two attached hydrogens (primary N) is 1. The lowest BCUT2D eigenvalue weighted by Gasteiger charge is -2.15. The van der Waals surface area contributed by atoms with E-state index in [9.17, 15) is 8.42 Å². The van der Waals surface area contributed by atoms with Crippen molar-refractivity contribution in [2.24, 2.45) is 5.14 Å². The molecule has 0 aliphatic heterocycles. The van der Waals surface area contributed by atoms with E-state index < -0.39 is 10.0 Å². The lowest BCUT2D eigenvalue weighted by molar-refractivity contribution is 0.572. The zero-order valence-corrected chi connectivity index (χ0v) is 12.1. The molecule has 3 N–H and O–H groups in total. The predicted octanol–water partition coefficient (Wildman–Crippen LogP) is 2.18. The van der Waals surface area contributed by atoms with Gasteiger partial charge in [0.05, 0.1) is 4.90 Å². The Morgan fingerprint density at radius 1 is 1.10 bits per heavy atom. The molecule has 0 amide bonds. The second-order valence-corrected chi connectivity index (χ2v) is 6.27. The molecule has 1 atom stereocenters. The molecule has 2 aromatic carbocycles. The first-order valence-electron chi connectivity index (χ1n) is 6.37. The second kappa shape index (κ2) is 6.17. The maximum absolute atomic E-state index is 11.3. The molecule has 106 valence electrons. The van der Waals surface area contributed by atoms with Crippen LogP contribution in [0.1, 0.15) is 24.1 Å². The summed E-state index contributed by atoms with van der Waals surface area (Å²) in [5, 5.41) is 8.50. The highest BCUT2D eigenvalue weighted by molar-refractivity contribution is 7.89. The van der Waals surface area contributed by atoms with Crippen LogP contribution in [0.3, 0.4) is 0 Å².